The summed E-state index contributed by atoms with van der Waals surface area (Å²) < 4.78 is 15.8. The van der Waals surface area contributed by atoms with Crippen LogP contribution in [0.4, 0.5) is 4.39 Å². The fourth-order valence-corrected chi connectivity index (χ4v) is 3.70. The zero-order valence-corrected chi connectivity index (χ0v) is 13.0. The molecule has 2 N–H and O–H groups in total. The molecule has 0 spiro atoms. The van der Waals surface area contributed by atoms with Crippen molar-refractivity contribution in [3.05, 3.63) is 69.3 Å². The molecule has 1 nitrogen and oxygen atoms in total. The molecule has 0 amide bonds. The molecule has 0 aliphatic rings. The van der Waals surface area contributed by atoms with Crippen molar-refractivity contribution >= 4 is 37.4 Å². The van der Waals surface area contributed by atoms with Gasteiger partial charge in [-0.25, -0.2) is 4.39 Å². The van der Waals surface area contributed by atoms with Gasteiger partial charge < -0.3 is 5.73 Å². The Labute approximate surface area is 129 Å². The van der Waals surface area contributed by atoms with Crippen molar-refractivity contribution in [2.45, 2.75) is 12.5 Å². The predicted octanol–water partition coefficient (Wildman–Crippen LogP) is 5.05. The molecule has 1 heterocycles. The lowest BCUT2D eigenvalue weighted by Gasteiger charge is -2.13. The second-order valence-corrected chi connectivity index (χ2v) is 6.48. The molecule has 0 fully saturated rings. The van der Waals surface area contributed by atoms with E-state index in [0.29, 0.717) is 16.5 Å². The summed E-state index contributed by atoms with van der Waals surface area (Å²) in [6.45, 7) is 0. The van der Waals surface area contributed by atoms with Gasteiger partial charge in [0.2, 0.25) is 0 Å². The monoisotopic (exact) mass is 349 g/mol. The van der Waals surface area contributed by atoms with E-state index in [1.54, 1.807) is 23.5 Å². The predicted molar refractivity (Wildman–Crippen MR) is 86.6 cm³/mol. The molecular weight excluding hydrogens is 337 g/mol. The molecular formula is C16H13BrFNS. The van der Waals surface area contributed by atoms with E-state index in [4.69, 9.17) is 5.73 Å². The zero-order chi connectivity index (χ0) is 14.1. The van der Waals surface area contributed by atoms with Gasteiger partial charge in [-0.05, 0) is 50.8 Å². The van der Waals surface area contributed by atoms with Crippen LogP contribution >= 0.6 is 27.3 Å². The van der Waals surface area contributed by atoms with E-state index in [9.17, 15) is 4.39 Å². The number of hydrogen-bond acceptors (Lipinski definition) is 2. The van der Waals surface area contributed by atoms with Crippen molar-refractivity contribution in [2.75, 3.05) is 0 Å². The second-order valence-electron chi connectivity index (χ2n) is 4.71. The zero-order valence-electron chi connectivity index (χ0n) is 10.6. The third-order valence-electron chi connectivity index (χ3n) is 3.38. The molecule has 2 aromatic carbocycles. The van der Waals surface area contributed by atoms with Crippen LogP contribution in [0.1, 0.15) is 17.2 Å². The Hall–Kier alpha value is -1.23. The van der Waals surface area contributed by atoms with Gasteiger partial charge >= 0.3 is 0 Å². The van der Waals surface area contributed by atoms with E-state index in [-0.39, 0.29) is 11.9 Å². The summed E-state index contributed by atoms with van der Waals surface area (Å²) in [6, 6.07) is 13.1. The van der Waals surface area contributed by atoms with E-state index < -0.39 is 0 Å². The van der Waals surface area contributed by atoms with Crippen LogP contribution in [0.15, 0.2) is 52.3 Å². The number of benzene rings is 2. The van der Waals surface area contributed by atoms with Crippen LogP contribution in [0.25, 0.3) is 10.1 Å². The number of fused-ring (bicyclic) bond motifs is 1. The molecule has 4 heteroatoms. The van der Waals surface area contributed by atoms with E-state index >= 15 is 0 Å². The molecule has 20 heavy (non-hydrogen) atoms. The van der Waals surface area contributed by atoms with Gasteiger partial charge in [0.15, 0.2) is 0 Å². The van der Waals surface area contributed by atoms with Crippen molar-refractivity contribution < 1.29 is 4.39 Å². The Morgan fingerprint density at radius 2 is 1.95 bits per heavy atom. The first-order chi connectivity index (χ1) is 9.66. The molecule has 3 rings (SSSR count). The van der Waals surface area contributed by atoms with Crippen molar-refractivity contribution in [3.63, 3.8) is 0 Å². The summed E-state index contributed by atoms with van der Waals surface area (Å²) in [4.78, 5) is 0. The highest BCUT2D eigenvalue weighted by Crippen LogP contribution is 2.30. The smallest absolute Gasteiger partial charge is 0.142 e. The summed E-state index contributed by atoms with van der Waals surface area (Å²) in [7, 11) is 0. The number of rotatable bonds is 3. The molecule has 0 saturated heterocycles. The molecule has 0 aliphatic carbocycles. The maximum atomic E-state index is 14.1. The fraction of sp³-hybridized carbons (Fsp3) is 0.125. The third-order valence-corrected chi connectivity index (χ3v) is 5.01. The maximum Gasteiger partial charge on any atom is 0.142 e. The van der Waals surface area contributed by atoms with E-state index in [1.165, 1.54) is 15.6 Å². The average Bonchev–Trinajstić information content (AvgIpc) is 2.85. The number of halogens is 2. The molecule has 0 saturated carbocycles. The van der Waals surface area contributed by atoms with Crippen LogP contribution < -0.4 is 5.73 Å². The van der Waals surface area contributed by atoms with Crippen LogP contribution in [-0.2, 0) is 6.42 Å². The summed E-state index contributed by atoms with van der Waals surface area (Å²) in [5.74, 6) is -0.264. The molecule has 1 aromatic heterocycles. The molecule has 0 radical (unpaired) electrons. The molecule has 102 valence electrons. The van der Waals surface area contributed by atoms with Gasteiger partial charge in [-0.2, -0.15) is 0 Å². The first-order valence-electron chi connectivity index (χ1n) is 6.31. The van der Waals surface area contributed by atoms with Gasteiger partial charge in [0.1, 0.15) is 5.82 Å². The normalized spacial score (nSPS) is 12.8. The first-order valence-corrected chi connectivity index (χ1v) is 7.98. The summed E-state index contributed by atoms with van der Waals surface area (Å²) in [5.41, 5.74) is 7.92. The first kappa shape index (κ1) is 13.7. The molecule has 1 atom stereocenters. The van der Waals surface area contributed by atoms with Gasteiger partial charge in [0, 0.05) is 16.3 Å². The number of hydrogen-bond donors (Lipinski definition) is 1. The Bertz CT molecular complexity index is 753. The van der Waals surface area contributed by atoms with Crippen LogP contribution in [0.2, 0.25) is 0 Å². The number of nitrogens with two attached hydrogens (primary N) is 1. The van der Waals surface area contributed by atoms with Gasteiger partial charge in [0.05, 0.1) is 4.47 Å². The highest BCUT2D eigenvalue weighted by Gasteiger charge is 2.15. The average molecular weight is 350 g/mol. The van der Waals surface area contributed by atoms with Crippen LogP contribution in [0, 0.1) is 5.82 Å². The van der Waals surface area contributed by atoms with Gasteiger partial charge in [-0.1, -0.05) is 30.3 Å². The molecule has 0 aliphatic heterocycles. The van der Waals surface area contributed by atoms with E-state index in [1.807, 2.05) is 18.2 Å². The lowest BCUT2D eigenvalue weighted by molar-refractivity contribution is 0.575. The maximum absolute atomic E-state index is 14.1. The van der Waals surface area contributed by atoms with Crippen molar-refractivity contribution in [1.82, 2.24) is 0 Å². The minimum absolute atomic E-state index is 0.264. The highest BCUT2D eigenvalue weighted by molar-refractivity contribution is 9.10. The Balaban J connectivity index is 1.92. The Morgan fingerprint density at radius 3 is 2.80 bits per heavy atom. The van der Waals surface area contributed by atoms with Crippen LogP contribution in [0.5, 0.6) is 0 Å². The lowest BCUT2D eigenvalue weighted by atomic mass is 9.99. The van der Waals surface area contributed by atoms with Crippen molar-refractivity contribution in [3.8, 4) is 0 Å². The largest absolute Gasteiger partial charge is 0.324 e. The molecule has 0 bridgehead atoms. The van der Waals surface area contributed by atoms with Crippen molar-refractivity contribution in [2.24, 2.45) is 5.73 Å². The third kappa shape index (κ3) is 2.51. The van der Waals surface area contributed by atoms with Crippen molar-refractivity contribution in [1.29, 1.82) is 0 Å². The summed E-state index contributed by atoms with van der Waals surface area (Å²) >= 11 is 4.90. The summed E-state index contributed by atoms with van der Waals surface area (Å²) in [5, 5.41) is 3.32. The van der Waals surface area contributed by atoms with Crippen LogP contribution in [-0.4, -0.2) is 0 Å². The molecule has 1 unspecified atom stereocenters. The van der Waals surface area contributed by atoms with Gasteiger partial charge in [-0.15, -0.1) is 11.3 Å². The number of thiophene rings is 1. The Morgan fingerprint density at radius 1 is 1.15 bits per heavy atom. The van der Waals surface area contributed by atoms with Crippen LogP contribution in [0.3, 0.4) is 0 Å². The molecule has 3 aromatic rings. The minimum atomic E-state index is -0.342. The quantitative estimate of drug-likeness (QED) is 0.703. The van der Waals surface area contributed by atoms with E-state index in [0.717, 1.165) is 0 Å². The standard InChI is InChI=1S/C16H13BrFNS/c17-13-6-3-5-12(16(13)18)14(19)8-10-9-20-15-7-2-1-4-11(10)15/h1-7,9,14H,8,19H2. The topological polar surface area (TPSA) is 26.0 Å². The minimum Gasteiger partial charge on any atom is -0.324 e. The summed E-state index contributed by atoms with van der Waals surface area (Å²) in [6.07, 6.45) is 0.636. The lowest BCUT2D eigenvalue weighted by Crippen LogP contribution is -2.15. The highest BCUT2D eigenvalue weighted by atomic mass is 79.9. The fourth-order valence-electron chi connectivity index (χ4n) is 2.34. The Kier molecular flexibility index (Phi) is 3.87. The SMILES string of the molecule is NC(Cc1csc2ccccc12)c1cccc(Br)c1F. The van der Waals surface area contributed by atoms with E-state index in [2.05, 4.69) is 33.4 Å². The second kappa shape index (κ2) is 5.64. The van der Waals surface area contributed by atoms with Gasteiger partial charge in [-0.3, -0.25) is 0 Å². The van der Waals surface area contributed by atoms with Gasteiger partial charge in [0.25, 0.3) is 0 Å².